The monoisotopic (exact) mass is 232 g/mol. The lowest BCUT2D eigenvalue weighted by Crippen LogP contribution is -2.05. The van der Waals surface area contributed by atoms with Crippen LogP contribution in [0.25, 0.3) is 0 Å². The average Bonchev–Trinajstić information content (AvgIpc) is 2.69. The Morgan fingerprint density at radius 1 is 1.41 bits per heavy atom. The van der Waals surface area contributed by atoms with Crippen molar-refractivity contribution >= 4 is 5.97 Å². The number of aryl methyl sites for hydroxylation is 1. The van der Waals surface area contributed by atoms with Gasteiger partial charge in [-0.25, -0.2) is 9.78 Å². The summed E-state index contributed by atoms with van der Waals surface area (Å²) in [5, 5.41) is 8.92. The number of hydrogen-bond acceptors (Lipinski definition) is 3. The van der Waals surface area contributed by atoms with Gasteiger partial charge in [0.1, 0.15) is 6.61 Å². The number of rotatable bonds is 4. The Hall–Kier alpha value is -2.30. The van der Waals surface area contributed by atoms with Crippen LogP contribution < -0.4 is 4.74 Å². The molecule has 88 valence electrons. The van der Waals surface area contributed by atoms with E-state index in [0.717, 1.165) is 5.56 Å². The predicted molar refractivity (Wildman–Crippen MR) is 60.9 cm³/mol. The summed E-state index contributed by atoms with van der Waals surface area (Å²) >= 11 is 0. The molecule has 0 bridgehead atoms. The predicted octanol–water partition coefficient (Wildman–Crippen LogP) is 1.70. The zero-order valence-electron chi connectivity index (χ0n) is 9.33. The van der Waals surface area contributed by atoms with Crippen LogP contribution in [-0.2, 0) is 13.7 Å². The molecule has 0 atom stereocenters. The molecule has 2 aromatic rings. The first-order valence-corrected chi connectivity index (χ1v) is 5.10. The number of benzene rings is 1. The van der Waals surface area contributed by atoms with Crippen molar-refractivity contribution in [3.63, 3.8) is 0 Å². The van der Waals surface area contributed by atoms with E-state index in [1.165, 1.54) is 6.33 Å². The van der Waals surface area contributed by atoms with Gasteiger partial charge >= 0.3 is 5.97 Å². The first-order valence-electron chi connectivity index (χ1n) is 5.10. The minimum absolute atomic E-state index is 0.0663. The van der Waals surface area contributed by atoms with Crippen LogP contribution in [0, 0.1) is 0 Å². The van der Waals surface area contributed by atoms with Gasteiger partial charge in [0.15, 0.2) is 0 Å². The highest BCUT2D eigenvalue weighted by molar-refractivity contribution is 5.88. The van der Waals surface area contributed by atoms with E-state index in [9.17, 15) is 4.79 Å². The summed E-state index contributed by atoms with van der Waals surface area (Å²) < 4.78 is 7.02. The first-order chi connectivity index (χ1) is 8.18. The summed E-state index contributed by atoms with van der Waals surface area (Å²) in [7, 11) is 1.69. The molecule has 0 radical (unpaired) electrons. The highest BCUT2D eigenvalue weighted by atomic mass is 16.5. The summed E-state index contributed by atoms with van der Waals surface area (Å²) in [5.74, 6) is -0.824. The van der Waals surface area contributed by atoms with Crippen molar-refractivity contribution in [2.75, 3.05) is 0 Å². The van der Waals surface area contributed by atoms with E-state index in [4.69, 9.17) is 9.84 Å². The third-order valence-electron chi connectivity index (χ3n) is 2.30. The van der Waals surface area contributed by atoms with Gasteiger partial charge < -0.3 is 14.4 Å². The maximum Gasteiger partial charge on any atom is 0.360 e. The molecule has 0 amide bonds. The number of nitrogens with zero attached hydrogens (tertiary/aromatic N) is 2. The molecule has 0 saturated heterocycles. The third-order valence-corrected chi connectivity index (χ3v) is 2.30. The fourth-order valence-corrected chi connectivity index (χ4v) is 1.46. The number of carboxylic acids is 1. The van der Waals surface area contributed by atoms with Crippen molar-refractivity contribution in [2.45, 2.75) is 6.61 Å². The Morgan fingerprint density at radius 2 is 2.12 bits per heavy atom. The molecule has 0 spiro atoms. The van der Waals surface area contributed by atoms with Gasteiger partial charge in [0, 0.05) is 7.05 Å². The van der Waals surface area contributed by atoms with E-state index >= 15 is 0 Å². The Bertz CT molecular complexity index is 520. The molecule has 0 aliphatic heterocycles. The molecule has 0 aliphatic carbocycles. The summed E-state index contributed by atoms with van der Waals surface area (Å²) in [6.45, 7) is 0.320. The van der Waals surface area contributed by atoms with Gasteiger partial charge in [-0.2, -0.15) is 0 Å². The Morgan fingerprint density at radius 3 is 2.76 bits per heavy atom. The second-order valence-corrected chi connectivity index (χ2v) is 3.59. The number of aromatic nitrogens is 2. The molecule has 0 unspecified atom stereocenters. The molecule has 17 heavy (non-hydrogen) atoms. The smallest absolute Gasteiger partial charge is 0.360 e. The molecule has 5 nitrogen and oxygen atoms in total. The second kappa shape index (κ2) is 4.69. The zero-order valence-corrected chi connectivity index (χ0v) is 9.33. The largest absolute Gasteiger partial charge is 0.476 e. The highest BCUT2D eigenvalue weighted by Gasteiger charge is 2.16. The second-order valence-electron chi connectivity index (χ2n) is 3.59. The molecule has 0 fully saturated rings. The minimum atomic E-state index is -1.09. The van der Waals surface area contributed by atoms with Crippen molar-refractivity contribution in [1.82, 2.24) is 9.55 Å². The Labute approximate surface area is 98.3 Å². The zero-order chi connectivity index (χ0) is 12.3. The van der Waals surface area contributed by atoms with E-state index in [-0.39, 0.29) is 11.6 Å². The van der Waals surface area contributed by atoms with Gasteiger partial charge in [0.2, 0.25) is 11.6 Å². The van der Waals surface area contributed by atoms with Gasteiger partial charge in [0.05, 0.1) is 6.33 Å². The fraction of sp³-hybridized carbons (Fsp3) is 0.167. The quantitative estimate of drug-likeness (QED) is 0.871. The van der Waals surface area contributed by atoms with Gasteiger partial charge in [-0.3, -0.25) is 0 Å². The number of aromatic carboxylic acids is 1. The van der Waals surface area contributed by atoms with Crippen LogP contribution in [0.5, 0.6) is 5.88 Å². The summed E-state index contributed by atoms with van der Waals surface area (Å²) in [6.07, 6.45) is 1.42. The van der Waals surface area contributed by atoms with E-state index < -0.39 is 5.97 Å². The van der Waals surface area contributed by atoms with Gasteiger partial charge in [-0.05, 0) is 5.56 Å². The summed E-state index contributed by atoms with van der Waals surface area (Å²) in [5.41, 5.74) is 0.911. The molecule has 0 aliphatic rings. The normalized spacial score (nSPS) is 10.2. The standard InChI is InChI=1S/C12H12N2O3/c1-14-8-13-10(12(15)16)11(14)17-7-9-5-3-2-4-6-9/h2-6,8H,7H2,1H3,(H,15,16). The molecule has 1 aromatic carbocycles. The van der Waals surface area contributed by atoms with Crippen LogP contribution in [-0.4, -0.2) is 20.6 Å². The average molecular weight is 232 g/mol. The summed E-state index contributed by atoms with van der Waals surface area (Å²) in [6, 6.07) is 9.55. The van der Waals surface area contributed by atoms with E-state index in [1.54, 1.807) is 11.6 Å². The van der Waals surface area contributed by atoms with Crippen LogP contribution in [0.15, 0.2) is 36.7 Å². The SMILES string of the molecule is Cn1cnc(C(=O)O)c1OCc1ccccc1. The lowest BCUT2D eigenvalue weighted by molar-refractivity contribution is 0.0685. The molecule has 0 saturated carbocycles. The molecule has 1 aromatic heterocycles. The van der Waals surface area contributed by atoms with Crippen LogP contribution in [0.1, 0.15) is 16.1 Å². The van der Waals surface area contributed by atoms with E-state index in [0.29, 0.717) is 6.61 Å². The van der Waals surface area contributed by atoms with Crippen LogP contribution in [0.3, 0.4) is 0 Å². The molecular weight excluding hydrogens is 220 g/mol. The van der Waals surface area contributed by atoms with Crippen molar-refractivity contribution in [3.8, 4) is 5.88 Å². The van der Waals surface area contributed by atoms with Gasteiger partial charge in [0.25, 0.3) is 0 Å². The maximum absolute atomic E-state index is 10.9. The fourth-order valence-electron chi connectivity index (χ4n) is 1.46. The number of ether oxygens (including phenoxy) is 1. The third kappa shape index (κ3) is 2.44. The molecule has 1 heterocycles. The van der Waals surface area contributed by atoms with Crippen LogP contribution in [0.2, 0.25) is 0 Å². The molecule has 1 N–H and O–H groups in total. The topological polar surface area (TPSA) is 64.4 Å². The number of carbonyl (C=O) groups is 1. The van der Waals surface area contributed by atoms with Crippen molar-refractivity contribution < 1.29 is 14.6 Å². The molecule has 5 heteroatoms. The summed E-state index contributed by atoms with van der Waals surface area (Å²) in [4.78, 5) is 14.7. The number of carboxylic acid groups (broad SMARTS) is 1. The lowest BCUT2D eigenvalue weighted by atomic mass is 10.2. The van der Waals surface area contributed by atoms with Gasteiger partial charge in [-0.1, -0.05) is 30.3 Å². The first kappa shape index (κ1) is 11.2. The number of hydrogen-bond donors (Lipinski definition) is 1. The molecular formula is C12H12N2O3. The Balaban J connectivity index is 2.14. The minimum Gasteiger partial charge on any atom is -0.476 e. The van der Waals surface area contributed by atoms with E-state index in [1.807, 2.05) is 30.3 Å². The van der Waals surface area contributed by atoms with E-state index in [2.05, 4.69) is 4.98 Å². The Kier molecular flexibility index (Phi) is 3.09. The van der Waals surface area contributed by atoms with Gasteiger partial charge in [-0.15, -0.1) is 0 Å². The lowest BCUT2D eigenvalue weighted by Gasteiger charge is -2.07. The molecule has 2 rings (SSSR count). The van der Waals surface area contributed by atoms with Crippen molar-refractivity contribution in [3.05, 3.63) is 47.9 Å². The van der Waals surface area contributed by atoms with Crippen molar-refractivity contribution in [2.24, 2.45) is 7.05 Å². The number of imidazole rings is 1. The maximum atomic E-state index is 10.9. The highest BCUT2D eigenvalue weighted by Crippen LogP contribution is 2.17. The van der Waals surface area contributed by atoms with Crippen LogP contribution in [0.4, 0.5) is 0 Å². The van der Waals surface area contributed by atoms with Crippen molar-refractivity contribution in [1.29, 1.82) is 0 Å². The van der Waals surface area contributed by atoms with Crippen LogP contribution >= 0.6 is 0 Å².